The molecule has 2 rings (SSSR count). The molecule has 0 bridgehead atoms. The van der Waals surface area contributed by atoms with Crippen molar-refractivity contribution in [2.24, 2.45) is 0 Å². The number of benzene rings is 1. The van der Waals surface area contributed by atoms with Crippen LogP contribution in [0.4, 0.5) is 11.4 Å². The van der Waals surface area contributed by atoms with E-state index in [1.807, 2.05) is 0 Å². The van der Waals surface area contributed by atoms with Crippen molar-refractivity contribution in [1.82, 2.24) is 0 Å². The third-order valence-corrected chi connectivity index (χ3v) is 4.40. The number of nitrogens with one attached hydrogen (secondary N) is 1. The second-order valence-electron chi connectivity index (χ2n) is 6.38. The van der Waals surface area contributed by atoms with Gasteiger partial charge < -0.3 is 15.0 Å². The van der Waals surface area contributed by atoms with Gasteiger partial charge in [-0.05, 0) is 50.8 Å². The van der Waals surface area contributed by atoms with E-state index in [1.54, 1.807) is 0 Å². The predicted molar refractivity (Wildman–Crippen MR) is 86.8 cm³/mol. The summed E-state index contributed by atoms with van der Waals surface area (Å²) in [5, 5.41) is 3.69. The SMILES string of the molecule is CCC1(C)CC(Nc2ccc(C)c(N(C)C)c2)CCO1. The first-order valence-electron chi connectivity index (χ1n) is 7.62. The summed E-state index contributed by atoms with van der Waals surface area (Å²) < 4.78 is 5.92. The van der Waals surface area contributed by atoms with Crippen LogP contribution in [0.5, 0.6) is 0 Å². The monoisotopic (exact) mass is 276 g/mol. The molecule has 1 fully saturated rings. The Morgan fingerprint density at radius 2 is 2.15 bits per heavy atom. The van der Waals surface area contributed by atoms with E-state index in [9.17, 15) is 0 Å². The van der Waals surface area contributed by atoms with Crippen molar-refractivity contribution in [3.8, 4) is 0 Å². The summed E-state index contributed by atoms with van der Waals surface area (Å²) in [4.78, 5) is 2.17. The van der Waals surface area contributed by atoms with E-state index in [4.69, 9.17) is 4.74 Å². The van der Waals surface area contributed by atoms with Crippen LogP contribution in [0.1, 0.15) is 38.7 Å². The molecule has 0 aromatic heterocycles. The molecule has 1 aromatic carbocycles. The molecule has 2 atom stereocenters. The zero-order valence-corrected chi connectivity index (χ0v) is 13.5. The van der Waals surface area contributed by atoms with Gasteiger partial charge in [0.15, 0.2) is 0 Å². The highest BCUT2D eigenvalue weighted by molar-refractivity contribution is 5.62. The van der Waals surface area contributed by atoms with E-state index in [0.29, 0.717) is 6.04 Å². The quantitative estimate of drug-likeness (QED) is 0.904. The molecule has 1 N–H and O–H groups in total. The minimum atomic E-state index is 0.0327. The van der Waals surface area contributed by atoms with Gasteiger partial charge >= 0.3 is 0 Å². The van der Waals surface area contributed by atoms with Gasteiger partial charge in [0.2, 0.25) is 0 Å². The molecule has 1 heterocycles. The largest absolute Gasteiger partial charge is 0.382 e. The minimum Gasteiger partial charge on any atom is -0.382 e. The summed E-state index contributed by atoms with van der Waals surface area (Å²) in [6.07, 6.45) is 3.23. The Bertz CT molecular complexity index is 458. The number of hydrogen-bond acceptors (Lipinski definition) is 3. The van der Waals surface area contributed by atoms with Crippen LogP contribution < -0.4 is 10.2 Å². The Balaban J connectivity index is 2.08. The summed E-state index contributed by atoms with van der Waals surface area (Å²) in [7, 11) is 4.18. The second-order valence-corrected chi connectivity index (χ2v) is 6.38. The Labute approximate surface area is 123 Å². The fourth-order valence-electron chi connectivity index (χ4n) is 2.92. The van der Waals surface area contributed by atoms with Gasteiger partial charge in [0.25, 0.3) is 0 Å². The van der Waals surface area contributed by atoms with Crippen LogP contribution in [0.2, 0.25) is 0 Å². The van der Waals surface area contributed by atoms with Crippen LogP contribution >= 0.6 is 0 Å². The molecule has 0 saturated carbocycles. The lowest BCUT2D eigenvalue weighted by Crippen LogP contribution is -2.41. The Hall–Kier alpha value is -1.22. The van der Waals surface area contributed by atoms with Crippen molar-refractivity contribution in [2.45, 2.75) is 51.7 Å². The summed E-state index contributed by atoms with van der Waals surface area (Å²) in [5.41, 5.74) is 3.83. The molecule has 112 valence electrons. The average molecular weight is 276 g/mol. The standard InChI is InChI=1S/C17H28N2O/c1-6-17(3)12-15(9-10-20-17)18-14-8-7-13(2)16(11-14)19(4)5/h7-8,11,15,18H,6,9-10,12H2,1-5H3. The Morgan fingerprint density at radius 1 is 1.40 bits per heavy atom. The van der Waals surface area contributed by atoms with Crippen LogP contribution in [0.25, 0.3) is 0 Å². The first kappa shape index (κ1) is 15.2. The highest BCUT2D eigenvalue weighted by Gasteiger charge is 2.31. The van der Waals surface area contributed by atoms with E-state index in [-0.39, 0.29) is 5.60 Å². The number of ether oxygens (including phenoxy) is 1. The Morgan fingerprint density at radius 3 is 2.80 bits per heavy atom. The van der Waals surface area contributed by atoms with Gasteiger partial charge in [0.1, 0.15) is 0 Å². The lowest BCUT2D eigenvalue weighted by atomic mass is 9.90. The Kier molecular flexibility index (Phi) is 4.59. The smallest absolute Gasteiger partial charge is 0.0671 e. The van der Waals surface area contributed by atoms with Crippen molar-refractivity contribution in [3.63, 3.8) is 0 Å². The van der Waals surface area contributed by atoms with Crippen molar-refractivity contribution in [2.75, 3.05) is 30.9 Å². The third kappa shape index (κ3) is 3.45. The van der Waals surface area contributed by atoms with Gasteiger partial charge in [-0.25, -0.2) is 0 Å². The molecular formula is C17H28N2O. The van der Waals surface area contributed by atoms with Crippen molar-refractivity contribution in [1.29, 1.82) is 0 Å². The van der Waals surface area contributed by atoms with Crippen molar-refractivity contribution < 1.29 is 4.74 Å². The zero-order valence-electron chi connectivity index (χ0n) is 13.5. The molecule has 0 spiro atoms. The molecule has 1 aliphatic heterocycles. The molecule has 1 saturated heterocycles. The van der Waals surface area contributed by atoms with Crippen molar-refractivity contribution in [3.05, 3.63) is 23.8 Å². The summed E-state index contributed by atoms with van der Waals surface area (Å²) in [5.74, 6) is 0. The highest BCUT2D eigenvalue weighted by atomic mass is 16.5. The van der Waals surface area contributed by atoms with Crippen LogP contribution in [-0.4, -0.2) is 32.3 Å². The highest BCUT2D eigenvalue weighted by Crippen LogP contribution is 2.30. The van der Waals surface area contributed by atoms with Crippen LogP contribution in [-0.2, 0) is 4.74 Å². The summed E-state index contributed by atoms with van der Waals surface area (Å²) in [6.45, 7) is 7.44. The number of hydrogen-bond donors (Lipinski definition) is 1. The van der Waals surface area contributed by atoms with E-state index in [2.05, 4.69) is 63.3 Å². The first-order valence-corrected chi connectivity index (χ1v) is 7.62. The van der Waals surface area contributed by atoms with Gasteiger partial charge in [-0.1, -0.05) is 13.0 Å². The number of anilines is 2. The molecule has 0 amide bonds. The average Bonchev–Trinajstić information content (AvgIpc) is 2.41. The first-order chi connectivity index (χ1) is 9.43. The predicted octanol–water partition coefficient (Wildman–Crippen LogP) is 3.82. The van der Waals surface area contributed by atoms with Crippen molar-refractivity contribution >= 4 is 11.4 Å². The lowest BCUT2D eigenvalue weighted by Gasteiger charge is -2.38. The number of aryl methyl sites for hydroxylation is 1. The molecule has 3 nitrogen and oxygen atoms in total. The maximum absolute atomic E-state index is 5.92. The minimum absolute atomic E-state index is 0.0327. The maximum Gasteiger partial charge on any atom is 0.0671 e. The molecule has 1 aromatic rings. The van der Waals surface area contributed by atoms with Gasteiger partial charge in [0, 0.05) is 38.1 Å². The fraction of sp³-hybridized carbons (Fsp3) is 0.647. The van der Waals surface area contributed by atoms with E-state index < -0.39 is 0 Å². The summed E-state index contributed by atoms with van der Waals surface area (Å²) in [6, 6.07) is 7.12. The third-order valence-electron chi connectivity index (χ3n) is 4.40. The molecule has 20 heavy (non-hydrogen) atoms. The van der Waals surface area contributed by atoms with Gasteiger partial charge in [-0.3, -0.25) is 0 Å². The molecule has 1 aliphatic rings. The molecule has 2 unspecified atom stereocenters. The van der Waals surface area contributed by atoms with Crippen LogP contribution in [0.3, 0.4) is 0 Å². The van der Waals surface area contributed by atoms with Gasteiger partial charge in [-0.15, -0.1) is 0 Å². The van der Waals surface area contributed by atoms with E-state index >= 15 is 0 Å². The number of rotatable bonds is 4. The zero-order chi connectivity index (χ0) is 14.8. The molecule has 3 heteroatoms. The fourth-order valence-corrected chi connectivity index (χ4v) is 2.92. The molecular weight excluding hydrogens is 248 g/mol. The van der Waals surface area contributed by atoms with Crippen LogP contribution in [0, 0.1) is 6.92 Å². The normalized spacial score (nSPS) is 26.4. The van der Waals surface area contributed by atoms with E-state index in [0.717, 1.165) is 25.9 Å². The van der Waals surface area contributed by atoms with E-state index in [1.165, 1.54) is 16.9 Å². The number of nitrogens with zero attached hydrogens (tertiary/aromatic N) is 1. The van der Waals surface area contributed by atoms with Crippen LogP contribution in [0.15, 0.2) is 18.2 Å². The summed E-state index contributed by atoms with van der Waals surface area (Å²) >= 11 is 0. The second kappa shape index (κ2) is 6.04. The van der Waals surface area contributed by atoms with Gasteiger partial charge in [0.05, 0.1) is 5.60 Å². The molecule has 0 aliphatic carbocycles. The topological polar surface area (TPSA) is 24.5 Å². The molecule has 0 radical (unpaired) electrons. The lowest BCUT2D eigenvalue weighted by molar-refractivity contribution is -0.0708. The maximum atomic E-state index is 5.92. The van der Waals surface area contributed by atoms with Gasteiger partial charge in [-0.2, -0.15) is 0 Å².